The van der Waals surface area contributed by atoms with E-state index in [-0.39, 0.29) is 0 Å². The van der Waals surface area contributed by atoms with Gasteiger partial charge in [-0.3, -0.25) is 0 Å². The van der Waals surface area contributed by atoms with E-state index in [1.54, 1.807) is 0 Å². The number of imidazole rings is 1. The average molecular weight is 211 g/mol. The second kappa shape index (κ2) is 4.84. The molecule has 0 spiro atoms. The first-order valence-electron chi connectivity index (χ1n) is 5.13. The fourth-order valence-corrected chi connectivity index (χ4v) is 2.81. The summed E-state index contributed by atoms with van der Waals surface area (Å²) in [5.41, 5.74) is 0. The van der Waals surface area contributed by atoms with E-state index in [9.17, 15) is 0 Å². The van der Waals surface area contributed by atoms with Crippen molar-refractivity contribution in [1.29, 1.82) is 0 Å². The summed E-state index contributed by atoms with van der Waals surface area (Å²) in [4.78, 5) is 4.30. The van der Waals surface area contributed by atoms with E-state index in [4.69, 9.17) is 0 Å². The quantitative estimate of drug-likeness (QED) is 0.820. The van der Waals surface area contributed by atoms with Gasteiger partial charge in [0.2, 0.25) is 0 Å². The van der Waals surface area contributed by atoms with Crippen LogP contribution < -0.4 is 5.32 Å². The van der Waals surface area contributed by atoms with Gasteiger partial charge in [-0.05, 0) is 24.3 Å². The maximum atomic E-state index is 4.30. The maximum Gasteiger partial charge on any atom is 0.122 e. The van der Waals surface area contributed by atoms with E-state index in [1.807, 2.05) is 19.4 Å². The molecule has 0 bridgehead atoms. The third kappa shape index (κ3) is 2.51. The van der Waals surface area contributed by atoms with E-state index in [1.165, 1.54) is 24.3 Å². The zero-order valence-electron chi connectivity index (χ0n) is 8.57. The van der Waals surface area contributed by atoms with Gasteiger partial charge in [0.05, 0.1) is 6.54 Å². The van der Waals surface area contributed by atoms with Gasteiger partial charge in [-0.15, -0.1) is 0 Å². The van der Waals surface area contributed by atoms with Crippen molar-refractivity contribution < 1.29 is 0 Å². The maximum absolute atomic E-state index is 4.30. The van der Waals surface area contributed by atoms with Crippen LogP contribution in [0.15, 0.2) is 12.4 Å². The van der Waals surface area contributed by atoms with Crippen molar-refractivity contribution in [1.82, 2.24) is 14.9 Å². The number of thioether (sulfide) groups is 1. The van der Waals surface area contributed by atoms with E-state index in [2.05, 4.69) is 26.6 Å². The van der Waals surface area contributed by atoms with Crippen LogP contribution in [-0.4, -0.2) is 27.1 Å². The van der Waals surface area contributed by atoms with E-state index in [0.717, 1.165) is 12.4 Å². The van der Waals surface area contributed by atoms with Crippen molar-refractivity contribution in [2.75, 3.05) is 11.5 Å². The lowest BCUT2D eigenvalue weighted by Gasteiger charge is -2.22. The Bertz CT molecular complexity index is 279. The molecule has 1 saturated heterocycles. The van der Waals surface area contributed by atoms with Gasteiger partial charge >= 0.3 is 0 Å². The average Bonchev–Trinajstić information content (AvgIpc) is 2.63. The summed E-state index contributed by atoms with van der Waals surface area (Å²) in [7, 11) is 2.04. The Morgan fingerprint density at radius 2 is 2.36 bits per heavy atom. The molecule has 2 rings (SSSR count). The summed E-state index contributed by atoms with van der Waals surface area (Å²) < 4.78 is 2.07. The summed E-state index contributed by atoms with van der Waals surface area (Å²) in [6.45, 7) is 0.902. The molecule has 0 amide bonds. The van der Waals surface area contributed by atoms with Gasteiger partial charge in [0, 0.05) is 25.5 Å². The van der Waals surface area contributed by atoms with Gasteiger partial charge in [-0.25, -0.2) is 4.98 Å². The van der Waals surface area contributed by atoms with E-state index >= 15 is 0 Å². The molecule has 1 N–H and O–H groups in total. The summed E-state index contributed by atoms with van der Waals surface area (Å²) in [6.07, 6.45) is 6.45. The smallest absolute Gasteiger partial charge is 0.122 e. The van der Waals surface area contributed by atoms with E-state index < -0.39 is 0 Å². The second-order valence-electron chi connectivity index (χ2n) is 3.72. The molecule has 0 saturated carbocycles. The molecule has 3 nitrogen and oxygen atoms in total. The highest BCUT2D eigenvalue weighted by Gasteiger charge is 2.13. The molecule has 78 valence electrons. The number of aryl methyl sites for hydroxylation is 1. The lowest BCUT2D eigenvalue weighted by atomic mass is 10.1. The summed E-state index contributed by atoms with van der Waals surface area (Å²) in [5, 5.41) is 3.57. The fraction of sp³-hybridized carbons (Fsp3) is 0.700. The van der Waals surface area contributed by atoms with Crippen LogP contribution in [0.5, 0.6) is 0 Å². The minimum atomic E-state index is 0.702. The van der Waals surface area contributed by atoms with Crippen molar-refractivity contribution in [2.24, 2.45) is 7.05 Å². The Morgan fingerprint density at radius 3 is 3.00 bits per heavy atom. The number of nitrogens with one attached hydrogen (secondary N) is 1. The third-order valence-corrected chi connectivity index (χ3v) is 3.74. The highest BCUT2D eigenvalue weighted by Crippen LogP contribution is 2.17. The predicted octanol–water partition coefficient (Wildman–Crippen LogP) is 1.41. The minimum absolute atomic E-state index is 0.702. The molecule has 0 radical (unpaired) electrons. The Kier molecular flexibility index (Phi) is 3.48. The van der Waals surface area contributed by atoms with Crippen molar-refractivity contribution in [2.45, 2.75) is 25.4 Å². The van der Waals surface area contributed by atoms with Crippen molar-refractivity contribution in [3.05, 3.63) is 18.2 Å². The van der Waals surface area contributed by atoms with Gasteiger partial charge < -0.3 is 9.88 Å². The van der Waals surface area contributed by atoms with Gasteiger partial charge in [-0.1, -0.05) is 0 Å². The molecule has 0 aliphatic carbocycles. The molecule has 0 unspecified atom stereocenters. The lowest BCUT2D eigenvalue weighted by Crippen LogP contribution is -2.32. The number of rotatable bonds is 3. The van der Waals surface area contributed by atoms with Crippen molar-refractivity contribution >= 4 is 11.8 Å². The fourth-order valence-electron chi connectivity index (χ4n) is 1.70. The standard InChI is InChI=1S/C10H17N3S/c1-13-5-4-11-10(13)8-12-9-2-6-14-7-3-9/h4-5,9,12H,2-3,6-8H2,1H3. The Hall–Kier alpha value is -0.480. The molecule has 1 aromatic heterocycles. The van der Waals surface area contributed by atoms with Crippen LogP contribution in [0.4, 0.5) is 0 Å². The lowest BCUT2D eigenvalue weighted by molar-refractivity contribution is 0.470. The molecular formula is C10H17N3S. The number of nitrogens with zero attached hydrogens (tertiary/aromatic N) is 2. The summed E-state index contributed by atoms with van der Waals surface area (Å²) in [6, 6.07) is 0.702. The Morgan fingerprint density at radius 1 is 1.57 bits per heavy atom. The molecule has 1 fully saturated rings. The van der Waals surface area contributed by atoms with Crippen LogP contribution in [-0.2, 0) is 13.6 Å². The van der Waals surface area contributed by atoms with E-state index in [0.29, 0.717) is 6.04 Å². The normalized spacial score (nSPS) is 18.6. The second-order valence-corrected chi connectivity index (χ2v) is 4.95. The van der Waals surface area contributed by atoms with Gasteiger partial charge in [0.15, 0.2) is 0 Å². The van der Waals surface area contributed by atoms with Crippen molar-refractivity contribution in [3.8, 4) is 0 Å². The van der Waals surface area contributed by atoms with Crippen molar-refractivity contribution in [3.63, 3.8) is 0 Å². The zero-order valence-corrected chi connectivity index (χ0v) is 9.39. The number of hydrogen-bond acceptors (Lipinski definition) is 3. The highest BCUT2D eigenvalue weighted by molar-refractivity contribution is 7.99. The molecule has 2 heterocycles. The van der Waals surface area contributed by atoms with Gasteiger partial charge in [0.1, 0.15) is 5.82 Å². The van der Waals surface area contributed by atoms with Crippen LogP contribution in [0, 0.1) is 0 Å². The highest BCUT2D eigenvalue weighted by atomic mass is 32.2. The minimum Gasteiger partial charge on any atom is -0.337 e. The largest absolute Gasteiger partial charge is 0.337 e. The number of aromatic nitrogens is 2. The predicted molar refractivity (Wildman–Crippen MR) is 60.4 cm³/mol. The first-order chi connectivity index (χ1) is 6.86. The monoisotopic (exact) mass is 211 g/mol. The van der Waals surface area contributed by atoms with Crippen LogP contribution in [0.25, 0.3) is 0 Å². The first-order valence-corrected chi connectivity index (χ1v) is 6.29. The molecule has 4 heteroatoms. The number of hydrogen-bond donors (Lipinski definition) is 1. The van der Waals surface area contributed by atoms with Crippen LogP contribution in [0.3, 0.4) is 0 Å². The van der Waals surface area contributed by atoms with Crippen LogP contribution in [0.1, 0.15) is 18.7 Å². The van der Waals surface area contributed by atoms with Crippen LogP contribution >= 0.6 is 11.8 Å². The molecule has 1 aromatic rings. The summed E-state index contributed by atoms with van der Waals surface area (Å²) in [5.74, 6) is 3.74. The van der Waals surface area contributed by atoms with Gasteiger partial charge in [-0.2, -0.15) is 11.8 Å². The third-order valence-electron chi connectivity index (χ3n) is 2.69. The summed E-state index contributed by atoms with van der Waals surface area (Å²) >= 11 is 2.06. The molecule has 1 aliphatic rings. The molecule has 1 aliphatic heterocycles. The van der Waals surface area contributed by atoms with Crippen LogP contribution in [0.2, 0.25) is 0 Å². The van der Waals surface area contributed by atoms with Gasteiger partial charge in [0.25, 0.3) is 0 Å². The molecule has 0 atom stereocenters. The molecule has 14 heavy (non-hydrogen) atoms. The SMILES string of the molecule is Cn1ccnc1CNC1CCSCC1. The Labute approximate surface area is 89.3 Å². The molecule has 0 aromatic carbocycles. The Balaban J connectivity index is 1.79. The first kappa shape index (κ1) is 10.1. The topological polar surface area (TPSA) is 29.9 Å². The zero-order chi connectivity index (χ0) is 9.80. The molecular weight excluding hydrogens is 194 g/mol.